The molecule has 0 unspecified atom stereocenters. The van der Waals surface area contributed by atoms with Crippen LogP contribution in [0.1, 0.15) is 27.0 Å². The van der Waals surface area contributed by atoms with Gasteiger partial charge in [0.25, 0.3) is 0 Å². The van der Waals surface area contributed by atoms with E-state index in [1.807, 2.05) is 50.2 Å². The van der Waals surface area contributed by atoms with E-state index in [0.717, 1.165) is 33.4 Å². The van der Waals surface area contributed by atoms with Gasteiger partial charge in [-0.1, -0.05) is 36.4 Å². The Morgan fingerprint density at radius 3 is 1.62 bits per heavy atom. The van der Waals surface area contributed by atoms with E-state index in [0.29, 0.717) is 0 Å². The van der Waals surface area contributed by atoms with Crippen LogP contribution in [0.15, 0.2) is 36.4 Å². The van der Waals surface area contributed by atoms with Crippen LogP contribution in [-0.4, -0.2) is 5.78 Å². The number of carbonyl (C=O) groups excluding carboxylic acids is 1. The van der Waals surface area contributed by atoms with Gasteiger partial charge >= 0.3 is 0 Å². The Morgan fingerprint density at radius 1 is 0.750 bits per heavy atom. The summed E-state index contributed by atoms with van der Waals surface area (Å²) in [7, 11) is 0. The molecule has 0 N–H and O–H groups in total. The molecule has 0 aromatic heterocycles. The third-order valence-electron chi connectivity index (χ3n) is 3.29. The number of hydrogen-bond donors (Lipinski definition) is 0. The number of benzene rings is 2. The van der Waals surface area contributed by atoms with E-state index in [4.69, 9.17) is 0 Å². The van der Waals surface area contributed by atoms with Gasteiger partial charge in [-0.2, -0.15) is 0 Å². The number of hydrogen-bond acceptors (Lipinski definition) is 1. The lowest BCUT2D eigenvalue weighted by molar-refractivity contribution is 0.104. The van der Waals surface area contributed by atoms with Crippen molar-refractivity contribution in [2.45, 2.75) is 13.8 Å². The Bertz CT molecular complexity index is 555. The summed E-state index contributed by atoms with van der Waals surface area (Å²) in [6, 6.07) is 12.1. The summed E-state index contributed by atoms with van der Waals surface area (Å²) in [6.07, 6.45) is 0. The molecule has 2 aromatic rings. The molecule has 1 aliphatic carbocycles. The highest BCUT2D eigenvalue weighted by Crippen LogP contribution is 2.39. The quantitative estimate of drug-likeness (QED) is 0.552. The lowest BCUT2D eigenvalue weighted by Gasteiger charge is -2.01. The lowest BCUT2D eigenvalue weighted by Crippen LogP contribution is -1.99. The molecule has 0 atom stereocenters. The maximum absolute atomic E-state index is 12.3. The standard InChI is InChI=1S/C15H12O/c1-9-5-3-7-11-12-8-4-6-10(2)14(12)15(16)13(9)11/h3-8H,1-2H3. The van der Waals surface area contributed by atoms with Gasteiger partial charge in [-0.25, -0.2) is 0 Å². The largest absolute Gasteiger partial charge is 0.289 e. The fraction of sp³-hybridized carbons (Fsp3) is 0.133. The van der Waals surface area contributed by atoms with Crippen LogP contribution in [0.4, 0.5) is 0 Å². The van der Waals surface area contributed by atoms with E-state index < -0.39 is 0 Å². The molecular weight excluding hydrogens is 196 g/mol. The zero-order chi connectivity index (χ0) is 11.3. The van der Waals surface area contributed by atoms with Gasteiger partial charge in [0.05, 0.1) is 0 Å². The molecular formula is C15H12O. The summed E-state index contributed by atoms with van der Waals surface area (Å²) in [6.45, 7) is 4.00. The number of fused-ring (bicyclic) bond motifs is 3. The minimum Gasteiger partial charge on any atom is -0.289 e. The molecule has 2 aromatic carbocycles. The first-order valence-electron chi connectivity index (χ1n) is 5.44. The van der Waals surface area contributed by atoms with Crippen LogP contribution in [0, 0.1) is 13.8 Å². The van der Waals surface area contributed by atoms with E-state index in [9.17, 15) is 4.79 Å². The van der Waals surface area contributed by atoms with Gasteiger partial charge in [-0.3, -0.25) is 4.79 Å². The molecule has 0 aliphatic heterocycles. The molecule has 1 heteroatoms. The monoisotopic (exact) mass is 208 g/mol. The molecule has 0 heterocycles. The summed E-state index contributed by atoms with van der Waals surface area (Å²) in [5.74, 6) is 0.182. The van der Waals surface area contributed by atoms with Gasteiger partial charge in [0.1, 0.15) is 0 Å². The van der Waals surface area contributed by atoms with E-state index in [2.05, 4.69) is 0 Å². The molecule has 3 rings (SSSR count). The van der Waals surface area contributed by atoms with E-state index in [1.54, 1.807) is 0 Å². The van der Waals surface area contributed by atoms with Crippen LogP contribution >= 0.6 is 0 Å². The lowest BCUT2D eigenvalue weighted by atomic mass is 10.0. The second-order valence-corrected chi connectivity index (χ2v) is 4.32. The van der Waals surface area contributed by atoms with Gasteiger partial charge in [0.15, 0.2) is 5.78 Å². The summed E-state index contributed by atoms with van der Waals surface area (Å²) in [4.78, 5) is 12.3. The molecule has 1 nitrogen and oxygen atoms in total. The van der Waals surface area contributed by atoms with Crippen molar-refractivity contribution in [1.29, 1.82) is 0 Å². The summed E-state index contributed by atoms with van der Waals surface area (Å²) >= 11 is 0. The molecule has 0 bridgehead atoms. The number of rotatable bonds is 0. The molecule has 0 saturated carbocycles. The Balaban J connectivity index is 2.44. The van der Waals surface area contributed by atoms with Crippen molar-refractivity contribution in [2.75, 3.05) is 0 Å². The zero-order valence-electron chi connectivity index (χ0n) is 9.37. The topological polar surface area (TPSA) is 17.1 Å². The molecule has 0 amide bonds. The summed E-state index contributed by atoms with van der Waals surface area (Å²) in [5, 5.41) is 0. The van der Waals surface area contributed by atoms with Gasteiger partial charge in [-0.15, -0.1) is 0 Å². The number of aryl methyl sites for hydroxylation is 2. The second kappa shape index (κ2) is 3.05. The van der Waals surface area contributed by atoms with E-state index >= 15 is 0 Å². The van der Waals surface area contributed by atoms with Gasteiger partial charge in [0, 0.05) is 11.1 Å². The molecule has 78 valence electrons. The van der Waals surface area contributed by atoms with Crippen LogP contribution in [0.5, 0.6) is 0 Å². The van der Waals surface area contributed by atoms with Crippen molar-refractivity contribution < 1.29 is 4.79 Å². The minimum absolute atomic E-state index is 0.182. The molecule has 0 radical (unpaired) electrons. The van der Waals surface area contributed by atoms with Gasteiger partial charge in [-0.05, 0) is 36.1 Å². The van der Waals surface area contributed by atoms with Crippen molar-refractivity contribution in [3.05, 3.63) is 58.7 Å². The average molecular weight is 208 g/mol. The van der Waals surface area contributed by atoms with E-state index in [1.165, 1.54) is 0 Å². The fourth-order valence-corrected chi connectivity index (χ4v) is 2.51. The Labute approximate surface area is 94.7 Å². The molecule has 0 fully saturated rings. The summed E-state index contributed by atoms with van der Waals surface area (Å²) in [5.41, 5.74) is 6.07. The highest BCUT2D eigenvalue weighted by Gasteiger charge is 2.28. The maximum atomic E-state index is 12.3. The molecule has 1 aliphatic rings. The zero-order valence-corrected chi connectivity index (χ0v) is 9.37. The SMILES string of the molecule is Cc1cccc2c1C(=O)c1c(C)cccc1-2. The first kappa shape index (κ1) is 9.34. The highest BCUT2D eigenvalue weighted by atomic mass is 16.1. The fourth-order valence-electron chi connectivity index (χ4n) is 2.51. The second-order valence-electron chi connectivity index (χ2n) is 4.32. The smallest absolute Gasteiger partial charge is 0.194 e. The van der Waals surface area contributed by atoms with Crippen LogP contribution in [0.3, 0.4) is 0 Å². The number of carbonyl (C=O) groups is 1. The van der Waals surface area contributed by atoms with Gasteiger partial charge < -0.3 is 0 Å². The Kier molecular flexibility index (Phi) is 1.78. The molecule has 0 saturated heterocycles. The van der Waals surface area contributed by atoms with Crippen LogP contribution in [0.25, 0.3) is 11.1 Å². The van der Waals surface area contributed by atoms with Crippen molar-refractivity contribution in [3.63, 3.8) is 0 Å². The van der Waals surface area contributed by atoms with Gasteiger partial charge in [0.2, 0.25) is 0 Å². The summed E-state index contributed by atoms with van der Waals surface area (Å²) < 4.78 is 0. The normalized spacial score (nSPS) is 12.5. The van der Waals surface area contributed by atoms with Crippen LogP contribution < -0.4 is 0 Å². The first-order valence-corrected chi connectivity index (χ1v) is 5.44. The van der Waals surface area contributed by atoms with Crippen molar-refractivity contribution >= 4 is 5.78 Å². The Hall–Kier alpha value is -1.89. The average Bonchev–Trinajstić information content (AvgIpc) is 2.56. The van der Waals surface area contributed by atoms with Crippen molar-refractivity contribution in [3.8, 4) is 11.1 Å². The molecule has 16 heavy (non-hydrogen) atoms. The predicted molar refractivity (Wildman–Crippen MR) is 64.8 cm³/mol. The minimum atomic E-state index is 0.182. The van der Waals surface area contributed by atoms with Crippen LogP contribution in [-0.2, 0) is 0 Å². The maximum Gasteiger partial charge on any atom is 0.194 e. The predicted octanol–water partition coefficient (Wildman–Crippen LogP) is 3.51. The first-order chi connectivity index (χ1) is 7.70. The van der Waals surface area contributed by atoms with Crippen LogP contribution in [0.2, 0.25) is 0 Å². The molecule has 0 spiro atoms. The third kappa shape index (κ3) is 1.03. The highest BCUT2D eigenvalue weighted by molar-refractivity contribution is 6.23. The van der Waals surface area contributed by atoms with Crippen molar-refractivity contribution in [1.82, 2.24) is 0 Å². The number of ketones is 1. The van der Waals surface area contributed by atoms with Crippen molar-refractivity contribution in [2.24, 2.45) is 0 Å². The Morgan fingerprint density at radius 2 is 1.19 bits per heavy atom. The third-order valence-corrected chi connectivity index (χ3v) is 3.29. The van der Waals surface area contributed by atoms with E-state index in [-0.39, 0.29) is 5.78 Å².